The van der Waals surface area contributed by atoms with E-state index in [0.29, 0.717) is 18.1 Å². The summed E-state index contributed by atoms with van der Waals surface area (Å²) in [7, 11) is 1.55. The zero-order valence-corrected chi connectivity index (χ0v) is 18.2. The number of aliphatic hydroxyl groups excluding tert-OH is 1. The van der Waals surface area contributed by atoms with Crippen LogP contribution in [-0.4, -0.2) is 42.0 Å². The van der Waals surface area contributed by atoms with Crippen LogP contribution in [0.5, 0.6) is 0 Å². The maximum Gasteiger partial charge on any atom is 0.295 e. The van der Waals surface area contributed by atoms with Crippen LogP contribution in [0, 0.1) is 13.8 Å². The monoisotopic (exact) mass is 407 g/mol. The molecule has 1 fully saturated rings. The first-order valence-corrected chi connectivity index (χ1v) is 10.2. The summed E-state index contributed by atoms with van der Waals surface area (Å²) < 4.78 is 5.15. The van der Waals surface area contributed by atoms with Crippen LogP contribution < -0.4 is 0 Å². The lowest BCUT2D eigenvalue weighted by Crippen LogP contribution is -2.32. The van der Waals surface area contributed by atoms with E-state index in [1.807, 2.05) is 56.3 Å². The van der Waals surface area contributed by atoms with Gasteiger partial charge in [-0.05, 0) is 42.5 Å². The molecule has 0 bridgehead atoms. The summed E-state index contributed by atoms with van der Waals surface area (Å²) in [6.45, 7) is 8.59. The minimum atomic E-state index is -0.664. The highest BCUT2D eigenvalue weighted by molar-refractivity contribution is 6.46. The standard InChI is InChI=1S/C25H29NO4/c1-15(2)18-8-10-19(11-9-18)22-21(24(28)25(29)26(22)12-13-30-5)23(27)20-14-16(3)6-7-17(20)4/h6-11,14-15,22,27H,12-13H2,1-5H3/b23-21+. The molecule has 158 valence electrons. The van der Waals surface area contributed by atoms with E-state index in [4.69, 9.17) is 4.74 Å². The first-order chi connectivity index (χ1) is 14.3. The number of amides is 1. The minimum Gasteiger partial charge on any atom is -0.507 e. The smallest absolute Gasteiger partial charge is 0.295 e. The van der Waals surface area contributed by atoms with E-state index in [-0.39, 0.29) is 17.9 Å². The van der Waals surface area contributed by atoms with Crippen molar-refractivity contribution in [1.82, 2.24) is 4.90 Å². The summed E-state index contributed by atoms with van der Waals surface area (Å²) in [5.74, 6) is -1.04. The van der Waals surface area contributed by atoms with Crippen molar-refractivity contribution >= 4 is 17.4 Å². The van der Waals surface area contributed by atoms with Crippen molar-refractivity contribution in [3.8, 4) is 0 Å². The molecule has 5 heteroatoms. The molecule has 1 N–H and O–H groups in total. The van der Waals surface area contributed by atoms with Crippen molar-refractivity contribution in [1.29, 1.82) is 0 Å². The van der Waals surface area contributed by atoms with Crippen molar-refractivity contribution in [3.63, 3.8) is 0 Å². The molecule has 1 heterocycles. The van der Waals surface area contributed by atoms with E-state index < -0.39 is 17.7 Å². The van der Waals surface area contributed by atoms with Crippen LogP contribution in [0.2, 0.25) is 0 Å². The number of ether oxygens (including phenoxy) is 1. The van der Waals surface area contributed by atoms with Gasteiger partial charge in [0.2, 0.25) is 0 Å². The third-order valence-electron chi connectivity index (χ3n) is 5.64. The molecule has 1 unspecified atom stereocenters. The Morgan fingerprint density at radius 3 is 2.37 bits per heavy atom. The van der Waals surface area contributed by atoms with Gasteiger partial charge in [0.05, 0.1) is 18.2 Å². The highest BCUT2D eigenvalue weighted by atomic mass is 16.5. The average molecular weight is 408 g/mol. The molecule has 1 aliphatic rings. The van der Waals surface area contributed by atoms with E-state index >= 15 is 0 Å². The zero-order chi connectivity index (χ0) is 22.0. The Kier molecular flexibility index (Phi) is 6.42. The Hall–Kier alpha value is -2.92. The average Bonchev–Trinajstić information content (AvgIpc) is 2.98. The van der Waals surface area contributed by atoms with Gasteiger partial charge < -0.3 is 14.7 Å². The van der Waals surface area contributed by atoms with Crippen LogP contribution in [0.25, 0.3) is 5.76 Å². The van der Waals surface area contributed by atoms with Crippen LogP contribution in [0.15, 0.2) is 48.0 Å². The third kappa shape index (κ3) is 4.03. The van der Waals surface area contributed by atoms with Gasteiger partial charge in [-0.2, -0.15) is 0 Å². The molecule has 0 saturated carbocycles. The molecule has 0 aliphatic carbocycles. The fourth-order valence-electron chi connectivity index (χ4n) is 3.85. The summed E-state index contributed by atoms with van der Waals surface area (Å²) in [4.78, 5) is 27.3. The van der Waals surface area contributed by atoms with Gasteiger partial charge in [0, 0.05) is 19.2 Å². The van der Waals surface area contributed by atoms with Crippen molar-refractivity contribution in [2.75, 3.05) is 20.3 Å². The predicted octanol–water partition coefficient (Wildman–Crippen LogP) is 4.49. The molecular weight excluding hydrogens is 378 g/mol. The summed E-state index contributed by atoms with van der Waals surface area (Å²) in [6, 6.07) is 12.9. The number of aryl methyl sites for hydroxylation is 2. The van der Waals surface area contributed by atoms with Crippen LogP contribution in [0.3, 0.4) is 0 Å². The minimum absolute atomic E-state index is 0.127. The molecule has 2 aromatic rings. The molecule has 0 radical (unpaired) electrons. The van der Waals surface area contributed by atoms with Gasteiger partial charge in [0.1, 0.15) is 5.76 Å². The fraction of sp³-hybridized carbons (Fsp3) is 0.360. The van der Waals surface area contributed by atoms with Crippen molar-refractivity contribution in [2.24, 2.45) is 0 Å². The van der Waals surface area contributed by atoms with Gasteiger partial charge in [-0.1, -0.05) is 55.8 Å². The second kappa shape index (κ2) is 8.84. The van der Waals surface area contributed by atoms with Gasteiger partial charge in [-0.3, -0.25) is 9.59 Å². The first kappa shape index (κ1) is 21.8. The molecule has 0 aromatic heterocycles. The predicted molar refractivity (Wildman–Crippen MR) is 117 cm³/mol. The van der Waals surface area contributed by atoms with Gasteiger partial charge in [-0.15, -0.1) is 0 Å². The lowest BCUT2D eigenvalue weighted by molar-refractivity contribution is -0.140. The quantitative estimate of drug-likeness (QED) is 0.435. The number of hydrogen-bond donors (Lipinski definition) is 1. The molecule has 1 atom stereocenters. The number of carbonyl (C=O) groups is 2. The summed E-state index contributed by atoms with van der Waals surface area (Å²) in [5.41, 5.74) is 4.47. The number of methoxy groups -OCH3 is 1. The Morgan fingerprint density at radius 2 is 1.77 bits per heavy atom. The van der Waals surface area contributed by atoms with Crippen LogP contribution in [-0.2, 0) is 14.3 Å². The van der Waals surface area contributed by atoms with Gasteiger partial charge in [-0.25, -0.2) is 0 Å². The molecule has 1 saturated heterocycles. The molecule has 1 aliphatic heterocycles. The number of ketones is 1. The maximum absolute atomic E-state index is 13.0. The van der Waals surface area contributed by atoms with Gasteiger partial charge in [0.15, 0.2) is 0 Å². The van der Waals surface area contributed by atoms with E-state index in [0.717, 1.165) is 16.7 Å². The fourth-order valence-corrected chi connectivity index (χ4v) is 3.85. The Morgan fingerprint density at radius 1 is 1.10 bits per heavy atom. The topological polar surface area (TPSA) is 66.8 Å². The summed E-state index contributed by atoms with van der Waals surface area (Å²) >= 11 is 0. The first-order valence-electron chi connectivity index (χ1n) is 10.2. The van der Waals surface area contributed by atoms with Crippen molar-refractivity contribution in [3.05, 3.63) is 75.9 Å². The van der Waals surface area contributed by atoms with E-state index in [2.05, 4.69) is 13.8 Å². The van der Waals surface area contributed by atoms with Crippen molar-refractivity contribution < 1.29 is 19.4 Å². The SMILES string of the molecule is COCCN1C(=O)C(=O)/C(=C(/O)c2cc(C)ccc2C)C1c1ccc(C(C)C)cc1. The van der Waals surface area contributed by atoms with E-state index in [1.54, 1.807) is 7.11 Å². The third-order valence-corrected chi connectivity index (χ3v) is 5.64. The molecule has 1 amide bonds. The molecule has 2 aromatic carbocycles. The lowest BCUT2D eigenvalue weighted by Gasteiger charge is -2.25. The Bertz CT molecular complexity index is 989. The largest absolute Gasteiger partial charge is 0.507 e. The number of Topliss-reactive ketones (excluding diaryl/α,β-unsaturated/α-hetero) is 1. The van der Waals surface area contributed by atoms with Crippen LogP contribution in [0.4, 0.5) is 0 Å². The highest BCUT2D eigenvalue weighted by Gasteiger charge is 2.46. The van der Waals surface area contributed by atoms with Crippen LogP contribution >= 0.6 is 0 Å². The van der Waals surface area contributed by atoms with E-state index in [9.17, 15) is 14.7 Å². The normalized spacial score (nSPS) is 18.5. The molecule has 5 nitrogen and oxygen atoms in total. The zero-order valence-electron chi connectivity index (χ0n) is 18.2. The highest BCUT2D eigenvalue weighted by Crippen LogP contribution is 2.40. The lowest BCUT2D eigenvalue weighted by atomic mass is 9.92. The molecule has 0 spiro atoms. The van der Waals surface area contributed by atoms with Gasteiger partial charge >= 0.3 is 0 Å². The van der Waals surface area contributed by atoms with Gasteiger partial charge in [0.25, 0.3) is 11.7 Å². The number of aliphatic hydroxyl groups is 1. The number of carbonyl (C=O) groups excluding carboxylic acids is 2. The number of rotatable bonds is 6. The van der Waals surface area contributed by atoms with Crippen LogP contribution in [0.1, 0.15) is 53.6 Å². The molecule has 3 rings (SSSR count). The summed E-state index contributed by atoms with van der Waals surface area (Å²) in [5, 5.41) is 11.2. The maximum atomic E-state index is 13.0. The van der Waals surface area contributed by atoms with E-state index in [1.165, 1.54) is 10.5 Å². The molecular formula is C25H29NO4. The second-order valence-electron chi connectivity index (χ2n) is 8.13. The summed E-state index contributed by atoms with van der Waals surface area (Å²) in [6.07, 6.45) is 0. The number of hydrogen-bond acceptors (Lipinski definition) is 4. The second-order valence-corrected chi connectivity index (χ2v) is 8.13. The number of nitrogens with zero attached hydrogens (tertiary/aromatic N) is 1. The number of likely N-dealkylation sites (tertiary alicyclic amines) is 1. The molecule has 30 heavy (non-hydrogen) atoms. The Balaban J connectivity index is 2.18. The number of benzene rings is 2. The Labute approximate surface area is 178 Å². The van der Waals surface area contributed by atoms with Crippen molar-refractivity contribution in [2.45, 2.75) is 39.7 Å².